The molecule has 1 aliphatic rings. The van der Waals surface area contributed by atoms with E-state index in [-0.39, 0.29) is 11.2 Å². The van der Waals surface area contributed by atoms with E-state index in [2.05, 4.69) is 0 Å². The quantitative estimate of drug-likeness (QED) is 0.736. The van der Waals surface area contributed by atoms with Gasteiger partial charge in [-0.3, -0.25) is 0 Å². The van der Waals surface area contributed by atoms with Crippen molar-refractivity contribution in [1.29, 1.82) is 0 Å². The number of halogens is 2. The van der Waals surface area contributed by atoms with Gasteiger partial charge in [0.05, 0.1) is 12.4 Å². The van der Waals surface area contributed by atoms with Crippen molar-refractivity contribution in [2.45, 2.75) is 39.5 Å². The molecule has 0 N–H and O–H groups in total. The minimum atomic E-state index is -3.53. The van der Waals surface area contributed by atoms with E-state index >= 15 is 0 Å². The lowest BCUT2D eigenvalue weighted by atomic mass is 9.90. The summed E-state index contributed by atoms with van der Waals surface area (Å²) in [6, 6.07) is 3.70. The maximum Gasteiger partial charge on any atom is 0.233 e. The number of benzene rings is 1. The maximum absolute atomic E-state index is 11.5. The Morgan fingerprint density at radius 1 is 1.19 bits per heavy atom. The first-order valence-corrected chi connectivity index (χ1v) is 9.88. The molecule has 0 unspecified atom stereocenters. The van der Waals surface area contributed by atoms with Gasteiger partial charge in [-0.05, 0) is 49.9 Å². The summed E-state index contributed by atoms with van der Waals surface area (Å²) in [6.45, 7) is 4.25. The zero-order valence-electron chi connectivity index (χ0n) is 12.3. The molecule has 0 saturated heterocycles. The number of hydrogen-bond acceptors (Lipinski definition) is 3. The van der Waals surface area contributed by atoms with Gasteiger partial charge in [-0.25, -0.2) is 8.42 Å². The number of aryl methyl sites for hydroxylation is 2. The molecule has 3 nitrogen and oxygen atoms in total. The first kappa shape index (κ1) is 16.9. The molecule has 0 atom stereocenters. The molecule has 0 heterocycles. The molecule has 0 aromatic heterocycles. The van der Waals surface area contributed by atoms with E-state index in [9.17, 15) is 8.42 Å². The maximum atomic E-state index is 11.5. The minimum Gasteiger partial charge on any atom is -0.492 e. The molecule has 21 heavy (non-hydrogen) atoms. The van der Waals surface area contributed by atoms with Gasteiger partial charge in [0, 0.05) is 21.1 Å². The molecule has 1 aliphatic carbocycles. The Balaban J connectivity index is 2.17. The average Bonchev–Trinajstić information content (AvgIpc) is 2.73. The SMILES string of the molecule is Cc1cc(Cl)cc(C)c1OCC1(CS(=O)(=O)Cl)CCCC1. The van der Waals surface area contributed by atoms with E-state index in [1.54, 1.807) is 0 Å². The van der Waals surface area contributed by atoms with Gasteiger partial charge in [0.15, 0.2) is 0 Å². The van der Waals surface area contributed by atoms with Gasteiger partial charge in [-0.1, -0.05) is 24.4 Å². The van der Waals surface area contributed by atoms with E-state index in [1.807, 2.05) is 26.0 Å². The van der Waals surface area contributed by atoms with Crippen LogP contribution < -0.4 is 4.74 Å². The van der Waals surface area contributed by atoms with Crippen LogP contribution in [0.2, 0.25) is 5.02 Å². The van der Waals surface area contributed by atoms with Crippen molar-refractivity contribution < 1.29 is 13.2 Å². The first-order chi connectivity index (χ1) is 9.71. The molecule has 2 rings (SSSR count). The third kappa shape index (κ3) is 4.51. The van der Waals surface area contributed by atoms with E-state index in [0.717, 1.165) is 42.6 Å². The van der Waals surface area contributed by atoms with Crippen LogP contribution in [0.25, 0.3) is 0 Å². The Morgan fingerprint density at radius 3 is 2.19 bits per heavy atom. The van der Waals surface area contributed by atoms with E-state index in [0.29, 0.717) is 11.6 Å². The number of hydrogen-bond donors (Lipinski definition) is 0. The normalized spacial score (nSPS) is 17.9. The third-order valence-electron chi connectivity index (χ3n) is 4.09. The zero-order valence-corrected chi connectivity index (χ0v) is 14.6. The van der Waals surface area contributed by atoms with Crippen LogP contribution in [0.15, 0.2) is 12.1 Å². The second-order valence-corrected chi connectivity index (χ2v) is 9.26. The highest BCUT2D eigenvalue weighted by Crippen LogP contribution is 2.41. The second kappa shape index (κ2) is 6.35. The van der Waals surface area contributed by atoms with Crippen LogP contribution in [0.4, 0.5) is 0 Å². The van der Waals surface area contributed by atoms with Gasteiger partial charge in [-0.2, -0.15) is 0 Å². The van der Waals surface area contributed by atoms with Gasteiger partial charge in [0.25, 0.3) is 0 Å². The molecule has 0 spiro atoms. The lowest BCUT2D eigenvalue weighted by Gasteiger charge is -2.28. The van der Waals surface area contributed by atoms with Crippen LogP contribution in [-0.2, 0) is 9.05 Å². The van der Waals surface area contributed by atoms with Crippen LogP contribution in [0.3, 0.4) is 0 Å². The molecule has 1 fully saturated rings. The Morgan fingerprint density at radius 2 is 1.71 bits per heavy atom. The average molecular weight is 351 g/mol. The molecule has 1 saturated carbocycles. The largest absolute Gasteiger partial charge is 0.492 e. The monoisotopic (exact) mass is 350 g/mol. The van der Waals surface area contributed by atoms with Gasteiger partial charge < -0.3 is 4.74 Å². The molecule has 118 valence electrons. The van der Waals surface area contributed by atoms with Crippen molar-refractivity contribution in [3.8, 4) is 5.75 Å². The van der Waals surface area contributed by atoms with Crippen molar-refractivity contribution in [2.24, 2.45) is 5.41 Å². The Bertz CT molecular complexity index is 597. The molecule has 1 aromatic carbocycles. The highest BCUT2D eigenvalue weighted by atomic mass is 35.7. The Kier molecular flexibility index (Phi) is 5.11. The van der Waals surface area contributed by atoms with Gasteiger partial charge >= 0.3 is 0 Å². The van der Waals surface area contributed by atoms with Crippen molar-refractivity contribution in [3.63, 3.8) is 0 Å². The van der Waals surface area contributed by atoms with Crippen molar-refractivity contribution in [1.82, 2.24) is 0 Å². The van der Waals surface area contributed by atoms with Crippen LogP contribution in [-0.4, -0.2) is 20.8 Å². The van der Waals surface area contributed by atoms with Gasteiger partial charge in [0.2, 0.25) is 9.05 Å². The molecular formula is C15H20Cl2O3S. The van der Waals surface area contributed by atoms with E-state index in [4.69, 9.17) is 27.0 Å². The predicted molar refractivity (Wildman–Crippen MR) is 87.0 cm³/mol. The van der Waals surface area contributed by atoms with E-state index < -0.39 is 9.05 Å². The van der Waals surface area contributed by atoms with Crippen LogP contribution in [0, 0.1) is 19.3 Å². The van der Waals surface area contributed by atoms with Crippen molar-refractivity contribution in [2.75, 3.05) is 12.4 Å². The van der Waals surface area contributed by atoms with Crippen LogP contribution >= 0.6 is 22.3 Å². The molecule has 6 heteroatoms. The minimum absolute atomic E-state index is 0.0206. The second-order valence-electron chi connectivity index (χ2n) is 6.05. The molecule has 0 amide bonds. The fraction of sp³-hybridized carbons (Fsp3) is 0.600. The number of ether oxygens (including phenoxy) is 1. The Labute approximate surface area is 136 Å². The molecular weight excluding hydrogens is 331 g/mol. The lowest BCUT2D eigenvalue weighted by molar-refractivity contribution is 0.169. The fourth-order valence-corrected chi connectivity index (χ4v) is 5.30. The summed E-state index contributed by atoms with van der Waals surface area (Å²) in [7, 11) is 1.94. The van der Waals surface area contributed by atoms with Crippen LogP contribution in [0.5, 0.6) is 5.75 Å². The zero-order chi connectivity index (χ0) is 15.7. The fourth-order valence-electron chi connectivity index (χ4n) is 3.17. The molecule has 0 aliphatic heterocycles. The van der Waals surface area contributed by atoms with Gasteiger partial charge in [0.1, 0.15) is 5.75 Å². The van der Waals surface area contributed by atoms with Crippen molar-refractivity contribution >= 4 is 31.3 Å². The topological polar surface area (TPSA) is 43.4 Å². The summed E-state index contributed by atoms with van der Waals surface area (Å²) in [5, 5.41) is 0.677. The summed E-state index contributed by atoms with van der Waals surface area (Å²) in [6.07, 6.45) is 3.72. The lowest BCUT2D eigenvalue weighted by Crippen LogP contribution is -2.32. The third-order valence-corrected chi connectivity index (χ3v) is 5.59. The molecule has 0 bridgehead atoms. The van der Waals surface area contributed by atoms with Crippen molar-refractivity contribution in [3.05, 3.63) is 28.3 Å². The van der Waals surface area contributed by atoms with E-state index in [1.165, 1.54) is 0 Å². The Hall–Kier alpha value is -0.450. The smallest absolute Gasteiger partial charge is 0.233 e. The summed E-state index contributed by atoms with van der Waals surface area (Å²) in [5.41, 5.74) is 1.56. The highest BCUT2D eigenvalue weighted by molar-refractivity contribution is 8.13. The summed E-state index contributed by atoms with van der Waals surface area (Å²) < 4.78 is 28.9. The summed E-state index contributed by atoms with van der Waals surface area (Å²) in [4.78, 5) is 0. The van der Waals surface area contributed by atoms with Gasteiger partial charge in [-0.15, -0.1) is 0 Å². The summed E-state index contributed by atoms with van der Waals surface area (Å²) >= 11 is 6.01. The standard InChI is InChI=1S/C15H20Cl2O3S/c1-11-7-13(16)8-12(2)14(11)20-9-15(5-3-4-6-15)10-21(17,18)19/h7-8H,3-6,9-10H2,1-2H3. The number of rotatable bonds is 5. The highest BCUT2D eigenvalue weighted by Gasteiger charge is 2.38. The molecule has 1 aromatic rings. The molecule has 0 radical (unpaired) electrons. The summed E-state index contributed by atoms with van der Waals surface area (Å²) in [5.74, 6) is 0.769. The first-order valence-electron chi connectivity index (χ1n) is 7.03. The predicted octanol–water partition coefficient (Wildman–Crippen LogP) is 4.46. The van der Waals surface area contributed by atoms with Crippen LogP contribution in [0.1, 0.15) is 36.8 Å².